The smallest absolute Gasteiger partial charge is 0.125 e. The number of aryl methyl sites for hydroxylation is 1. The summed E-state index contributed by atoms with van der Waals surface area (Å²) >= 11 is 0. The SMILES string of the molecule is Cc1ncc(N2CCC(CN)CC2)cn1. The van der Waals surface area contributed by atoms with E-state index in [2.05, 4.69) is 14.9 Å². The average molecular weight is 206 g/mol. The van der Waals surface area contributed by atoms with Crippen molar-refractivity contribution in [3.05, 3.63) is 18.2 Å². The van der Waals surface area contributed by atoms with Crippen molar-refractivity contribution in [2.45, 2.75) is 19.8 Å². The third kappa shape index (κ3) is 2.45. The van der Waals surface area contributed by atoms with Gasteiger partial charge in [0.1, 0.15) is 5.82 Å². The number of hydrogen-bond donors (Lipinski definition) is 1. The summed E-state index contributed by atoms with van der Waals surface area (Å²) in [5.41, 5.74) is 6.80. The predicted octanol–water partition coefficient (Wildman–Crippen LogP) is 0.960. The lowest BCUT2D eigenvalue weighted by atomic mass is 9.97. The molecule has 0 aromatic carbocycles. The van der Waals surface area contributed by atoms with Gasteiger partial charge in [-0.15, -0.1) is 0 Å². The Balaban J connectivity index is 1.98. The van der Waals surface area contributed by atoms with Gasteiger partial charge in [0.2, 0.25) is 0 Å². The normalized spacial score (nSPS) is 18.1. The molecule has 0 radical (unpaired) electrons. The average Bonchev–Trinajstić information content (AvgIpc) is 2.30. The standard InChI is InChI=1S/C11H18N4/c1-9-13-7-11(8-14-9)15-4-2-10(6-12)3-5-15/h7-8,10H,2-6,12H2,1H3. The molecule has 15 heavy (non-hydrogen) atoms. The van der Waals surface area contributed by atoms with Crippen molar-refractivity contribution in [1.82, 2.24) is 9.97 Å². The first-order valence-corrected chi connectivity index (χ1v) is 5.53. The van der Waals surface area contributed by atoms with E-state index in [1.54, 1.807) is 0 Å². The summed E-state index contributed by atoms with van der Waals surface area (Å²) in [6, 6.07) is 0. The molecule has 1 aromatic heterocycles. The highest BCUT2D eigenvalue weighted by Crippen LogP contribution is 2.21. The fraction of sp³-hybridized carbons (Fsp3) is 0.636. The van der Waals surface area contributed by atoms with Crippen LogP contribution in [0.3, 0.4) is 0 Å². The fourth-order valence-corrected chi connectivity index (χ4v) is 1.98. The van der Waals surface area contributed by atoms with Crippen LogP contribution in [0.4, 0.5) is 5.69 Å². The van der Waals surface area contributed by atoms with Gasteiger partial charge in [-0.3, -0.25) is 0 Å². The second-order valence-corrected chi connectivity index (χ2v) is 4.15. The van der Waals surface area contributed by atoms with E-state index in [1.807, 2.05) is 19.3 Å². The van der Waals surface area contributed by atoms with Crippen LogP contribution in [0, 0.1) is 12.8 Å². The molecule has 2 rings (SSSR count). The summed E-state index contributed by atoms with van der Waals surface area (Å²) in [6.45, 7) is 4.88. The third-order valence-electron chi connectivity index (χ3n) is 3.08. The number of anilines is 1. The lowest BCUT2D eigenvalue weighted by Gasteiger charge is -2.32. The highest BCUT2D eigenvalue weighted by Gasteiger charge is 2.18. The maximum Gasteiger partial charge on any atom is 0.125 e. The Morgan fingerprint density at radius 3 is 2.47 bits per heavy atom. The van der Waals surface area contributed by atoms with Crippen molar-refractivity contribution in [2.24, 2.45) is 11.7 Å². The Morgan fingerprint density at radius 1 is 1.33 bits per heavy atom. The zero-order chi connectivity index (χ0) is 10.7. The van der Waals surface area contributed by atoms with E-state index in [-0.39, 0.29) is 0 Å². The molecule has 0 bridgehead atoms. The van der Waals surface area contributed by atoms with Crippen LogP contribution >= 0.6 is 0 Å². The maximum atomic E-state index is 5.66. The minimum atomic E-state index is 0.701. The van der Waals surface area contributed by atoms with Gasteiger partial charge in [-0.2, -0.15) is 0 Å². The number of nitrogens with two attached hydrogens (primary N) is 1. The first-order valence-electron chi connectivity index (χ1n) is 5.53. The summed E-state index contributed by atoms with van der Waals surface area (Å²) in [7, 11) is 0. The van der Waals surface area contributed by atoms with Crippen LogP contribution in [0.25, 0.3) is 0 Å². The van der Waals surface area contributed by atoms with Gasteiger partial charge in [0.05, 0.1) is 18.1 Å². The van der Waals surface area contributed by atoms with E-state index in [4.69, 9.17) is 5.73 Å². The Hall–Kier alpha value is -1.16. The highest BCUT2D eigenvalue weighted by molar-refractivity contribution is 5.42. The van der Waals surface area contributed by atoms with Gasteiger partial charge >= 0.3 is 0 Å². The van der Waals surface area contributed by atoms with Crippen LogP contribution in [0.1, 0.15) is 18.7 Å². The van der Waals surface area contributed by atoms with Gasteiger partial charge in [0.25, 0.3) is 0 Å². The van der Waals surface area contributed by atoms with E-state index in [0.717, 1.165) is 31.1 Å². The topological polar surface area (TPSA) is 55.0 Å². The second kappa shape index (κ2) is 4.57. The predicted molar refractivity (Wildman–Crippen MR) is 60.8 cm³/mol. The summed E-state index contributed by atoms with van der Waals surface area (Å²) in [6.07, 6.45) is 6.19. The molecule has 2 N–H and O–H groups in total. The van der Waals surface area contributed by atoms with Crippen LogP contribution in [0.15, 0.2) is 12.4 Å². The van der Waals surface area contributed by atoms with Gasteiger partial charge in [0, 0.05) is 13.1 Å². The number of piperidine rings is 1. The lowest BCUT2D eigenvalue weighted by molar-refractivity contribution is 0.414. The number of rotatable bonds is 2. The van der Waals surface area contributed by atoms with Crippen molar-refractivity contribution in [3.63, 3.8) is 0 Å². The van der Waals surface area contributed by atoms with Crippen LogP contribution < -0.4 is 10.6 Å². The van der Waals surface area contributed by atoms with E-state index in [9.17, 15) is 0 Å². The molecule has 1 aliphatic heterocycles. The number of nitrogens with zero attached hydrogens (tertiary/aromatic N) is 3. The van der Waals surface area contributed by atoms with Crippen LogP contribution in [0.5, 0.6) is 0 Å². The molecule has 4 heteroatoms. The van der Waals surface area contributed by atoms with Crippen molar-refractivity contribution < 1.29 is 0 Å². The largest absolute Gasteiger partial charge is 0.369 e. The molecule has 1 fully saturated rings. The quantitative estimate of drug-likeness (QED) is 0.783. The zero-order valence-corrected chi connectivity index (χ0v) is 9.19. The first-order chi connectivity index (χ1) is 7.29. The molecular formula is C11H18N4. The molecular weight excluding hydrogens is 188 g/mol. The molecule has 0 spiro atoms. The first kappa shape index (κ1) is 10.4. The van der Waals surface area contributed by atoms with Crippen LogP contribution in [-0.2, 0) is 0 Å². The molecule has 1 aliphatic rings. The van der Waals surface area contributed by atoms with Gasteiger partial charge < -0.3 is 10.6 Å². The van der Waals surface area contributed by atoms with E-state index in [0.29, 0.717) is 5.92 Å². The van der Waals surface area contributed by atoms with Gasteiger partial charge in [-0.25, -0.2) is 9.97 Å². The minimum Gasteiger partial charge on any atom is -0.369 e. The van der Waals surface area contributed by atoms with Crippen molar-refractivity contribution in [3.8, 4) is 0 Å². The van der Waals surface area contributed by atoms with Crippen molar-refractivity contribution >= 4 is 5.69 Å². The van der Waals surface area contributed by atoms with Gasteiger partial charge in [-0.1, -0.05) is 0 Å². The molecule has 1 aromatic rings. The lowest BCUT2D eigenvalue weighted by Crippen LogP contribution is -2.36. The molecule has 0 aliphatic carbocycles. The van der Waals surface area contributed by atoms with E-state index in [1.165, 1.54) is 12.8 Å². The Labute approximate surface area is 90.5 Å². The summed E-state index contributed by atoms with van der Waals surface area (Å²) < 4.78 is 0. The molecule has 4 nitrogen and oxygen atoms in total. The van der Waals surface area contributed by atoms with Crippen LogP contribution in [0.2, 0.25) is 0 Å². The number of hydrogen-bond acceptors (Lipinski definition) is 4. The van der Waals surface area contributed by atoms with Gasteiger partial charge in [-0.05, 0) is 32.2 Å². The molecule has 0 saturated carbocycles. The molecule has 0 amide bonds. The molecule has 0 unspecified atom stereocenters. The Morgan fingerprint density at radius 2 is 1.93 bits per heavy atom. The van der Waals surface area contributed by atoms with Crippen molar-refractivity contribution in [1.29, 1.82) is 0 Å². The van der Waals surface area contributed by atoms with E-state index >= 15 is 0 Å². The van der Waals surface area contributed by atoms with Gasteiger partial charge in [0.15, 0.2) is 0 Å². The molecule has 0 atom stereocenters. The minimum absolute atomic E-state index is 0.701. The number of aromatic nitrogens is 2. The highest BCUT2D eigenvalue weighted by atomic mass is 15.1. The molecule has 2 heterocycles. The Kier molecular flexibility index (Phi) is 3.16. The second-order valence-electron chi connectivity index (χ2n) is 4.15. The Bertz CT molecular complexity index is 301. The summed E-state index contributed by atoms with van der Waals surface area (Å²) in [5, 5.41) is 0. The third-order valence-corrected chi connectivity index (χ3v) is 3.08. The summed E-state index contributed by atoms with van der Waals surface area (Å²) in [5.74, 6) is 1.53. The fourth-order valence-electron chi connectivity index (χ4n) is 1.98. The molecule has 82 valence electrons. The zero-order valence-electron chi connectivity index (χ0n) is 9.19. The van der Waals surface area contributed by atoms with Crippen LogP contribution in [-0.4, -0.2) is 29.6 Å². The van der Waals surface area contributed by atoms with Crippen molar-refractivity contribution in [2.75, 3.05) is 24.5 Å². The monoisotopic (exact) mass is 206 g/mol. The maximum absolute atomic E-state index is 5.66. The van der Waals surface area contributed by atoms with E-state index < -0.39 is 0 Å². The summed E-state index contributed by atoms with van der Waals surface area (Å²) in [4.78, 5) is 10.8. The molecule has 1 saturated heterocycles.